The fourth-order valence-corrected chi connectivity index (χ4v) is 8.42. The van der Waals surface area contributed by atoms with Gasteiger partial charge >= 0.3 is 17.6 Å². The van der Waals surface area contributed by atoms with Crippen molar-refractivity contribution in [3.63, 3.8) is 0 Å². The second-order valence-corrected chi connectivity index (χ2v) is 16.4. The Hall–Kier alpha value is 0.154. The van der Waals surface area contributed by atoms with Gasteiger partial charge in [0, 0.05) is 54.7 Å². The fraction of sp³-hybridized carbons (Fsp3) is 1.00. The van der Waals surface area contributed by atoms with Gasteiger partial charge < -0.3 is 31.5 Å². The first-order valence-corrected chi connectivity index (χ1v) is 18.9. The standard InChI is InChI=1S/C28H63NO6Si2/c1-8-9-10-11-12-13-14-15-16-17-18-19-20-21-24-29(25-22-27-36(30-2,31-3)32-4)26-23-28-37(33-5,34-6)35-7/h8-28H2,1-7H3. The molecule has 0 saturated carbocycles. The molecular formula is C28H63NO6Si2. The van der Waals surface area contributed by atoms with Crippen molar-refractivity contribution in [3.05, 3.63) is 0 Å². The van der Waals surface area contributed by atoms with E-state index in [2.05, 4.69) is 11.8 Å². The van der Waals surface area contributed by atoms with Gasteiger partial charge in [0.15, 0.2) is 0 Å². The zero-order valence-corrected chi connectivity index (χ0v) is 27.7. The van der Waals surface area contributed by atoms with Crippen molar-refractivity contribution < 1.29 is 26.6 Å². The van der Waals surface area contributed by atoms with E-state index < -0.39 is 17.6 Å². The van der Waals surface area contributed by atoms with Crippen LogP contribution in [0.1, 0.15) is 110 Å². The van der Waals surface area contributed by atoms with Crippen LogP contribution >= 0.6 is 0 Å². The molecule has 0 aliphatic rings. The fourth-order valence-electron chi connectivity index (χ4n) is 5.02. The summed E-state index contributed by atoms with van der Waals surface area (Å²) < 4.78 is 33.6. The summed E-state index contributed by atoms with van der Waals surface area (Å²) in [6.07, 6.45) is 21.5. The van der Waals surface area contributed by atoms with E-state index in [1.807, 2.05) is 0 Å². The van der Waals surface area contributed by atoms with Crippen LogP contribution in [0, 0.1) is 0 Å². The maximum absolute atomic E-state index is 5.61. The van der Waals surface area contributed by atoms with Crippen molar-refractivity contribution in [2.75, 3.05) is 62.3 Å². The van der Waals surface area contributed by atoms with Crippen LogP contribution < -0.4 is 0 Å². The predicted molar refractivity (Wildman–Crippen MR) is 159 cm³/mol. The Labute approximate surface area is 233 Å². The van der Waals surface area contributed by atoms with E-state index in [1.54, 1.807) is 42.7 Å². The Morgan fingerprint density at radius 3 is 0.946 bits per heavy atom. The highest BCUT2D eigenvalue weighted by atomic mass is 28.4. The summed E-state index contributed by atoms with van der Waals surface area (Å²) >= 11 is 0. The Morgan fingerprint density at radius 2 is 0.649 bits per heavy atom. The average Bonchev–Trinajstić information content (AvgIpc) is 2.93. The second-order valence-electron chi connectivity index (χ2n) is 10.2. The minimum absolute atomic E-state index is 0.832. The largest absolute Gasteiger partial charge is 0.500 e. The SMILES string of the molecule is CCCCCCCCCCCCCCCCN(CCC[Si](OC)(OC)OC)CCC[Si](OC)(OC)OC. The van der Waals surface area contributed by atoms with Gasteiger partial charge in [-0.25, -0.2) is 0 Å². The van der Waals surface area contributed by atoms with Crippen molar-refractivity contribution in [2.45, 2.75) is 122 Å². The first kappa shape index (κ1) is 37.2. The quantitative estimate of drug-likeness (QED) is 0.0696. The Kier molecular flexibility index (Phi) is 25.2. The Morgan fingerprint density at radius 1 is 0.378 bits per heavy atom. The molecule has 0 atom stereocenters. The number of hydrogen-bond acceptors (Lipinski definition) is 7. The number of hydrogen-bond donors (Lipinski definition) is 0. The molecular weight excluding hydrogens is 502 g/mol. The summed E-state index contributed by atoms with van der Waals surface area (Å²) in [6.45, 7) is 5.45. The molecule has 0 aliphatic carbocycles. The van der Waals surface area contributed by atoms with Crippen LogP contribution in [-0.2, 0) is 26.6 Å². The van der Waals surface area contributed by atoms with Gasteiger partial charge in [0.1, 0.15) is 0 Å². The summed E-state index contributed by atoms with van der Waals surface area (Å²) in [4.78, 5) is 2.57. The number of rotatable bonds is 29. The molecule has 0 spiro atoms. The van der Waals surface area contributed by atoms with Crippen LogP contribution in [0.15, 0.2) is 0 Å². The molecule has 0 amide bonds. The Balaban J connectivity index is 4.24. The molecule has 0 saturated heterocycles. The van der Waals surface area contributed by atoms with Gasteiger partial charge in [-0.1, -0.05) is 90.4 Å². The van der Waals surface area contributed by atoms with Gasteiger partial charge in [-0.05, 0) is 38.9 Å². The molecule has 9 heteroatoms. The van der Waals surface area contributed by atoms with Crippen LogP contribution in [0.5, 0.6) is 0 Å². The number of unbranched alkanes of at least 4 members (excludes halogenated alkanes) is 13. The van der Waals surface area contributed by atoms with Crippen molar-refractivity contribution in [1.82, 2.24) is 4.90 Å². The molecule has 0 aromatic carbocycles. The Bertz CT molecular complexity index is 439. The lowest BCUT2D eigenvalue weighted by atomic mass is 10.0. The maximum atomic E-state index is 5.61. The maximum Gasteiger partial charge on any atom is 0.500 e. The first-order valence-electron chi connectivity index (χ1n) is 15.0. The summed E-state index contributed by atoms with van der Waals surface area (Å²) in [5, 5.41) is 0. The van der Waals surface area contributed by atoms with Gasteiger partial charge in [-0.2, -0.15) is 0 Å². The third-order valence-corrected chi connectivity index (χ3v) is 13.3. The predicted octanol–water partition coefficient (Wildman–Crippen LogP) is 7.31. The highest BCUT2D eigenvalue weighted by Gasteiger charge is 2.38. The zero-order chi connectivity index (χ0) is 27.7. The van der Waals surface area contributed by atoms with Crippen LogP contribution in [0.3, 0.4) is 0 Å². The number of nitrogens with zero attached hydrogens (tertiary/aromatic N) is 1. The lowest BCUT2D eigenvalue weighted by molar-refractivity contribution is 0.119. The van der Waals surface area contributed by atoms with Crippen LogP contribution in [-0.4, -0.2) is 84.8 Å². The van der Waals surface area contributed by atoms with Crippen LogP contribution in [0.4, 0.5) is 0 Å². The van der Waals surface area contributed by atoms with Crippen molar-refractivity contribution in [2.24, 2.45) is 0 Å². The second kappa shape index (κ2) is 25.1. The summed E-state index contributed by atoms with van der Waals surface area (Å²) in [7, 11) is 5.11. The van der Waals surface area contributed by atoms with Crippen molar-refractivity contribution in [1.29, 1.82) is 0 Å². The molecule has 0 N–H and O–H groups in total. The molecule has 0 bridgehead atoms. The molecule has 7 nitrogen and oxygen atoms in total. The van der Waals surface area contributed by atoms with Gasteiger partial charge in [-0.15, -0.1) is 0 Å². The minimum Gasteiger partial charge on any atom is -0.377 e. The van der Waals surface area contributed by atoms with E-state index in [1.165, 1.54) is 89.9 Å². The molecule has 0 aromatic rings. The van der Waals surface area contributed by atoms with Crippen LogP contribution in [0.2, 0.25) is 12.1 Å². The van der Waals surface area contributed by atoms with E-state index in [9.17, 15) is 0 Å². The molecule has 224 valence electrons. The monoisotopic (exact) mass is 565 g/mol. The molecule has 0 aromatic heterocycles. The van der Waals surface area contributed by atoms with E-state index in [0.717, 1.165) is 44.6 Å². The lowest BCUT2D eigenvalue weighted by Crippen LogP contribution is -2.44. The average molecular weight is 566 g/mol. The molecule has 0 radical (unpaired) electrons. The molecule has 0 aliphatic heterocycles. The molecule has 0 unspecified atom stereocenters. The van der Waals surface area contributed by atoms with Crippen LogP contribution in [0.25, 0.3) is 0 Å². The molecule has 37 heavy (non-hydrogen) atoms. The third kappa shape index (κ3) is 18.2. The molecule has 0 fully saturated rings. The topological polar surface area (TPSA) is 58.6 Å². The third-order valence-electron chi connectivity index (χ3n) is 7.61. The smallest absolute Gasteiger partial charge is 0.377 e. The normalized spacial score (nSPS) is 12.6. The first-order chi connectivity index (χ1) is 18.0. The van der Waals surface area contributed by atoms with E-state index in [-0.39, 0.29) is 0 Å². The minimum atomic E-state index is -2.52. The molecule has 0 rings (SSSR count). The van der Waals surface area contributed by atoms with Gasteiger partial charge in [0.25, 0.3) is 0 Å². The van der Waals surface area contributed by atoms with E-state index in [0.29, 0.717) is 0 Å². The van der Waals surface area contributed by atoms with Gasteiger partial charge in [0.2, 0.25) is 0 Å². The van der Waals surface area contributed by atoms with Gasteiger partial charge in [0.05, 0.1) is 0 Å². The van der Waals surface area contributed by atoms with E-state index in [4.69, 9.17) is 26.6 Å². The van der Waals surface area contributed by atoms with E-state index >= 15 is 0 Å². The summed E-state index contributed by atoms with van der Waals surface area (Å²) in [6, 6.07) is 1.66. The van der Waals surface area contributed by atoms with Gasteiger partial charge in [-0.3, -0.25) is 0 Å². The highest BCUT2D eigenvalue weighted by Crippen LogP contribution is 2.19. The van der Waals surface area contributed by atoms with Crippen molar-refractivity contribution in [3.8, 4) is 0 Å². The lowest BCUT2D eigenvalue weighted by Gasteiger charge is -2.28. The van der Waals surface area contributed by atoms with Crippen molar-refractivity contribution >= 4 is 17.6 Å². The summed E-state index contributed by atoms with van der Waals surface area (Å²) in [5.74, 6) is 0. The zero-order valence-electron chi connectivity index (χ0n) is 25.7. The highest BCUT2D eigenvalue weighted by molar-refractivity contribution is 6.60. The summed E-state index contributed by atoms with van der Waals surface area (Å²) in [5.41, 5.74) is 0. The molecule has 0 heterocycles.